The van der Waals surface area contributed by atoms with Gasteiger partial charge in [0.1, 0.15) is 0 Å². The van der Waals surface area contributed by atoms with E-state index in [-0.39, 0.29) is 23.0 Å². The molecule has 0 saturated heterocycles. The van der Waals surface area contributed by atoms with Gasteiger partial charge in [-0.1, -0.05) is 60.7 Å². The molecule has 0 bridgehead atoms. The minimum Gasteiger partial charge on any atom is -0.467 e. The summed E-state index contributed by atoms with van der Waals surface area (Å²) in [7, 11) is -0.602. The van der Waals surface area contributed by atoms with Gasteiger partial charge in [0.2, 0.25) is 0 Å². The molecule has 0 aliphatic rings. The van der Waals surface area contributed by atoms with Crippen LogP contribution in [-0.2, 0) is 33.0 Å². The summed E-state index contributed by atoms with van der Waals surface area (Å²) in [5.41, 5.74) is 1.26. The molecule has 4 rings (SSSR count). The zero-order chi connectivity index (χ0) is 20.3. The predicted octanol–water partition coefficient (Wildman–Crippen LogP) is 4.67. The van der Waals surface area contributed by atoms with Crippen LogP contribution in [0, 0.1) is 0 Å². The van der Waals surface area contributed by atoms with Gasteiger partial charge < -0.3 is 4.74 Å². The summed E-state index contributed by atoms with van der Waals surface area (Å²) in [4.78, 5) is 11.0. The Bertz CT molecular complexity index is 906. The van der Waals surface area contributed by atoms with Gasteiger partial charge in [-0.3, -0.25) is 4.79 Å². The number of esters is 1. The molecule has 2 nitrogen and oxygen atoms in total. The first-order chi connectivity index (χ1) is 14.3. The molecule has 0 N–H and O–H groups in total. The molecule has 0 aliphatic carbocycles. The van der Waals surface area contributed by atoms with Crippen LogP contribution in [0.4, 0.5) is 0 Å². The average Bonchev–Trinajstić information content (AvgIpc) is 3.46. The maximum Gasteiger partial charge on any atom is 2.00 e. The van der Waals surface area contributed by atoms with Gasteiger partial charge >= 0.3 is 23.0 Å². The van der Waals surface area contributed by atoms with E-state index >= 15 is 0 Å². The van der Waals surface area contributed by atoms with E-state index < -0.39 is 7.92 Å². The summed E-state index contributed by atoms with van der Waals surface area (Å²) in [5, 5.41) is 4.01. The Kier molecular flexibility index (Phi) is 10.3. The SMILES string of the molecule is CC(=O)OCC[c-]1cccc1P(c1ccccc1)c1ccccc1.[Fe+2].c1cc[cH-]c1. The molecule has 0 spiro atoms. The van der Waals surface area contributed by atoms with Crippen molar-refractivity contribution in [2.45, 2.75) is 13.3 Å². The van der Waals surface area contributed by atoms with Gasteiger partial charge in [0.25, 0.3) is 0 Å². The van der Waals surface area contributed by atoms with E-state index in [0.29, 0.717) is 6.61 Å². The van der Waals surface area contributed by atoms with Gasteiger partial charge in [-0.15, -0.1) is 10.9 Å². The van der Waals surface area contributed by atoms with Gasteiger partial charge in [0.15, 0.2) is 0 Å². The summed E-state index contributed by atoms with van der Waals surface area (Å²) in [6.07, 6.45) is 0.750. The van der Waals surface area contributed by atoms with E-state index in [1.165, 1.54) is 28.4 Å². The van der Waals surface area contributed by atoms with Crippen LogP contribution in [0.25, 0.3) is 0 Å². The Morgan fingerprint density at radius 2 is 1.43 bits per heavy atom. The third-order valence-electron chi connectivity index (χ3n) is 4.38. The molecule has 0 heterocycles. The molecule has 0 atom stereocenters. The van der Waals surface area contributed by atoms with Crippen LogP contribution >= 0.6 is 7.92 Å². The largest absolute Gasteiger partial charge is 2.00 e. The van der Waals surface area contributed by atoms with Crippen molar-refractivity contribution in [3.63, 3.8) is 0 Å². The second kappa shape index (κ2) is 13.0. The summed E-state index contributed by atoms with van der Waals surface area (Å²) < 4.78 is 5.13. The molecule has 0 saturated carbocycles. The van der Waals surface area contributed by atoms with Crippen LogP contribution in [0.3, 0.4) is 0 Å². The van der Waals surface area contributed by atoms with Crippen molar-refractivity contribution in [1.29, 1.82) is 0 Å². The maximum absolute atomic E-state index is 11.0. The van der Waals surface area contributed by atoms with Crippen molar-refractivity contribution in [2.75, 3.05) is 6.61 Å². The minimum atomic E-state index is -0.602. The van der Waals surface area contributed by atoms with E-state index in [1.54, 1.807) is 0 Å². The van der Waals surface area contributed by atoms with E-state index in [0.717, 1.165) is 6.42 Å². The summed E-state index contributed by atoms with van der Waals surface area (Å²) in [6.45, 7) is 1.88. The first kappa shape index (κ1) is 23.8. The number of hydrogen-bond donors (Lipinski definition) is 0. The van der Waals surface area contributed by atoms with Crippen LogP contribution in [0.1, 0.15) is 12.5 Å². The Morgan fingerprint density at radius 3 is 1.90 bits per heavy atom. The second-order valence-corrected chi connectivity index (χ2v) is 8.68. The van der Waals surface area contributed by atoms with Crippen molar-refractivity contribution in [3.8, 4) is 0 Å². The summed E-state index contributed by atoms with van der Waals surface area (Å²) in [6, 6.07) is 37.7. The maximum atomic E-state index is 11.0. The quantitative estimate of drug-likeness (QED) is 0.183. The van der Waals surface area contributed by atoms with Crippen LogP contribution in [-0.4, -0.2) is 12.6 Å². The monoisotopic (exact) mass is 456 g/mol. The Balaban J connectivity index is 0.000000468. The molecular formula is C26H25FeO2P. The number of benzene rings is 2. The van der Waals surface area contributed by atoms with E-state index in [4.69, 9.17) is 4.74 Å². The number of carbonyl (C=O) groups is 1. The normalized spacial score (nSPS) is 9.93. The summed E-state index contributed by atoms with van der Waals surface area (Å²) >= 11 is 0. The number of ether oxygens (including phenoxy) is 1. The third-order valence-corrected chi connectivity index (χ3v) is 6.93. The zero-order valence-corrected chi connectivity index (χ0v) is 18.9. The molecular weight excluding hydrogens is 431 g/mol. The Labute approximate surface area is 190 Å². The molecule has 0 aliphatic heterocycles. The van der Waals surface area contributed by atoms with Gasteiger partial charge in [0, 0.05) is 6.92 Å². The van der Waals surface area contributed by atoms with E-state index in [2.05, 4.69) is 78.9 Å². The predicted molar refractivity (Wildman–Crippen MR) is 123 cm³/mol. The number of carbonyl (C=O) groups excluding carboxylic acids is 1. The molecule has 4 aromatic carbocycles. The van der Waals surface area contributed by atoms with E-state index in [9.17, 15) is 4.79 Å². The van der Waals surface area contributed by atoms with Crippen LogP contribution in [0.5, 0.6) is 0 Å². The van der Waals surface area contributed by atoms with Gasteiger partial charge in [-0.2, -0.15) is 24.3 Å². The summed E-state index contributed by atoms with van der Waals surface area (Å²) in [5.74, 6) is -0.225. The molecule has 4 heteroatoms. The van der Waals surface area contributed by atoms with Crippen LogP contribution < -0.4 is 15.9 Å². The Hall–Kier alpha value is -2.44. The number of hydrogen-bond acceptors (Lipinski definition) is 2. The molecule has 4 aromatic rings. The first-order valence-electron chi connectivity index (χ1n) is 9.70. The molecule has 0 amide bonds. The van der Waals surface area contributed by atoms with Crippen LogP contribution in [0.2, 0.25) is 0 Å². The third kappa shape index (κ3) is 7.11. The van der Waals surface area contributed by atoms with Gasteiger partial charge in [0.05, 0.1) is 6.61 Å². The molecule has 0 aromatic heterocycles. The van der Waals surface area contributed by atoms with Crippen molar-refractivity contribution in [1.82, 2.24) is 0 Å². The minimum absolute atomic E-state index is 0. The van der Waals surface area contributed by atoms with Gasteiger partial charge in [-0.05, 0) is 25.0 Å². The van der Waals surface area contributed by atoms with Crippen molar-refractivity contribution in [3.05, 3.63) is 115 Å². The fourth-order valence-electron chi connectivity index (χ4n) is 3.08. The zero-order valence-electron chi connectivity index (χ0n) is 16.9. The first-order valence-corrected chi connectivity index (χ1v) is 11.0. The smallest absolute Gasteiger partial charge is 0.467 e. The van der Waals surface area contributed by atoms with Crippen molar-refractivity contribution in [2.24, 2.45) is 0 Å². The standard InChI is InChI=1S/C21H20O2P.C5H5.Fe/c1-17(22)23-16-15-18-9-8-14-21(18)24(19-10-4-2-5-11-19)20-12-6-3-7-13-20;1-2-4-5-3-1;/h2-14H,15-16H2,1H3;1-5H;/q2*-1;+2. The van der Waals surface area contributed by atoms with Crippen molar-refractivity contribution >= 4 is 29.8 Å². The van der Waals surface area contributed by atoms with Crippen molar-refractivity contribution < 1.29 is 26.6 Å². The van der Waals surface area contributed by atoms with E-state index in [1.807, 2.05) is 30.3 Å². The fraction of sp³-hybridized carbons (Fsp3) is 0.115. The average molecular weight is 456 g/mol. The van der Waals surface area contributed by atoms with Gasteiger partial charge in [-0.25, -0.2) is 24.3 Å². The fourth-order valence-corrected chi connectivity index (χ4v) is 5.59. The Morgan fingerprint density at radius 1 is 0.867 bits per heavy atom. The molecule has 154 valence electrons. The molecule has 0 radical (unpaired) electrons. The molecule has 30 heavy (non-hydrogen) atoms. The topological polar surface area (TPSA) is 26.3 Å². The number of rotatable bonds is 6. The molecule has 0 fully saturated rings. The molecule has 0 unspecified atom stereocenters. The van der Waals surface area contributed by atoms with Crippen LogP contribution in [0.15, 0.2) is 109 Å². The second-order valence-electron chi connectivity index (χ2n) is 6.50.